The first-order valence-corrected chi connectivity index (χ1v) is 7.70. The minimum atomic E-state index is -0.981. The summed E-state index contributed by atoms with van der Waals surface area (Å²) in [5.74, 6) is -0.523. The van der Waals surface area contributed by atoms with Crippen molar-refractivity contribution >= 4 is 40.9 Å². The zero-order valence-corrected chi connectivity index (χ0v) is 14.1. The number of ketones is 1. The van der Waals surface area contributed by atoms with Crippen LogP contribution in [0.3, 0.4) is 0 Å². The lowest BCUT2D eigenvalue weighted by Gasteiger charge is -2.16. The van der Waals surface area contributed by atoms with E-state index in [0.29, 0.717) is 11.1 Å². The Labute approximate surface area is 143 Å². The second kappa shape index (κ2) is 7.15. The van der Waals surface area contributed by atoms with Crippen molar-refractivity contribution in [3.05, 3.63) is 39.4 Å². The third kappa shape index (κ3) is 4.33. The summed E-state index contributed by atoms with van der Waals surface area (Å²) in [7, 11) is 0. The molecule has 23 heavy (non-hydrogen) atoms. The molecule has 0 atom stereocenters. The number of dihydropyridines is 1. The predicted octanol–water partition coefficient (Wildman–Crippen LogP) is 3.56. The topological polar surface area (TPSA) is 76.0 Å². The van der Waals surface area contributed by atoms with Crippen LogP contribution in [0.1, 0.15) is 19.4 Å². The molecule has 0 bridgehead atoms. The first kappa shape index (κ1) is 17.5. The van der Waals surface area contributed by atoms with Crippen LogP contribution in [0.4, 0.5) is 0 Å². The molecule has 0 radical (unpaired) electrons. The number of hydrogen-bond acceptors (Lipinski definition) is 4. The Morgan fingerprint density at radius 2 is 1.96 bits per heavy atom. The van der Waals surface area contributed by atoms with Gasteiger partial charge in [-0.2, -0.15) is 0 Å². The fourth-order valence-electron chi connectivity index (χ4n) is 2.14. The highest BCUT2D eigenvalue weighted by atomic mass is 35.5. The first-order valence-electron chi connectivity index (χ1n) is 6.94. The summed E-state index contributed by atoms with van der Waals surface area (Å²) in [6, 6.07) is 2.97. The average molecular weight is 356 g/mol. The molecule has 122 valence electrons. The van der Waals surface area contributed by atoms with E-state index in [4.69, 9.17) is 33.0 Å². The predicted molar refractivity (Wildman–Crippen MR) is 88.7 cm³/mol. The molecule has 0 amide bonds. The largest absolute Gasteiger partial charge is 0.481 e. The fraction of sp³-hybridized carbons (Fsp3) is 0.312. The number of rotatable bonds is 4. The molecule has 0 fully saturated rings. The number of carboxylic acids is 1. The maximum Gasteiger partial charge on any atom is 0.307 e. The van der Waals surface area contributed by atoms with Crippen molar-refractivity contribution in [1.82, 2.24) is 0 Å². The number of aliphatic imine (C=N–C) groups is 1. The number of nitrogens with zero attached hydrogens (tertiary/aromatic N) is 1. The molecule has 5 nitrogen and oxygen atoms in total. The van der Waals surface area contributed by atoms with Crippen LogP contribution in [0.2, 0.25) is 10.0 Å². The van der Waals surface area contributed by atoms with Crippen LogP contribution in [0.15, 0.2) is 28.8 Å². The molecular weight excluding hydrogens is 341 g/mol. The Morgan fingerprint density at radius 1 is 1.35 bits per heavy atom. The van der Waals surface area contributed by atoms with E-state index in [1.165, 1.54) is 12.1 Å². The summed E-state index contributed by atoms with van der Waals surface area (Å²) in [4.78, 5) is 26.6. The third-order valence-corrected chi connectivity index (χ3v) is 3.78. The molecule has 1 aliphatic rings. The molecule has 1 heterocycles. The standard InChI is InChI=1S/C16H15Cl2NO4/c1-8(2)10-6-14(19-7-13(10)20)23-16-11(17)3-9(4-12(16)18)5-15(21)22/h3-4,6,8H,5,7H2,1-2H3,(H,21,22). The van der Waals surface area contributed by atoms with Crippen LogP contribution >= 0.6 is 23.2 Å². The van der Waals surface area contributed by atoms with Crippen LogP contribution in [0.5, 0.6) is 5.75 Å². The molecular formula is C16H15Cl2NO4. The van der Waals surface area contributed by atoms with Crippen LogP contribution in [0, 0.1) is 5.92 Å². The number of carbonyl (C=O) groups excluding carboxylic acids is 1. The normalized spacial score (nSPS) is 14.6. The molecule has 1 aromatic carbocycles. The molecule has 0 saturated carbocycles. The number of benzene rings is 1. The molecule has 0 spiro atoms. The van der Waals surface area contributed by atoms with E-state index < -0.39 is 5.97 Å². The highest BCUT2D eigenvalue weighted by molar-refractivity contribution is 6.37. The second-order valence-corrected chi connectivity index (χ2v) is 6.21. The molecule has 0 saturated heterocycles. The lowest BCUT2D eigenvalue weighted by atomic mass is 9.97. The van der Waals surface area contributed by atoms with E-state index in [1.54, 1.807) is 6.08 Å². The van der Waals surface area contributed by atoms with Crippen molar-refractivity contribution in [2.75, 3.05) is 6.54 Å². The van der Waals surface area contributed by atoms with E-state index >= 15 is 0 Å². The molecule has 1 N–H and O–H groups in total. The summed E-state index contributed by atoms with van der Waals surface area (Å²) in [5.41, 5.74) is 1.10. The summed E-state index contributed by atoms with van der Waals surface area (Å²) >= 11 is 12.2. The maximum atomic E-state index is 11.8. The van der Waals surface area contributed by atoms with Gasteiger partial charge < -0.3 is 9.84 Å². The molecule has 0 unspecified atom stereocenters. The zero-order valence-electron chi connectivity index (χ0n) is 12.6. The van der Waals surface area contributed by atoms with E-state index in [-0.39, 0.29) is 46.4 Å². The van der Waals surface area contributed by atoms with Crippen molar-refractivity contribution < 1.29 is 19.4 Å². The van der Waals surface area contributed by atoms with Gasteiger partial charge in [0, 0.05) is 11.6 Å². The van der Waals surface area contributed by atoms with E-state index in [1.807, 2.05) is 13.8 Å². The van der Waals surface area contributed by atoms with Crippen LogP contribution < -0.4 is 4.74 Å². The number of Topliss-reactive ketones (excluding diaryl/α,β-unsaturated/α-hetero) is 1. The smallest absolute Gasteiger partial charge is 0.307 e. The van der Waals surface area contributed by atoms with Crippen molar-refractivity contribution in [3.8, 4) is 5.75 Å². The Kier molecular flexibility index (Phi) is 5.44. The first-order chi connectivity index (χ1) is 10.8. The SMILES string of the molecule is CC(C)C1=CC(Oc2c(Cl)cc(CC(=O)O)cc2Cl)=NCC1=O. The average Bonchev–Trinajstić information content (AvgIpc) is 2.43. The summed E-state index contributed by atoms with van der Waals surface area (Å²) < 4.78 is 5.62. The lowest BCUT2D eigenvalue weighted by Crippen LogP contribution is -2.22. The van der Waals surface area contributed by atoms with Crippen LogP contribution in [-0.4, -0.2) is 29.3 Å². The minimum Gasteiger partial charge on any atom is -0.481 e. The Hall–Kier alpha value is -1.85. The Bertz CT molecular complexity index is 700. The zero-order chi connectivity index (χ0) is 17.1. The van der Waals surface area contributed by atoms with Gasteiger partial charge in [-0.3, -0.25) is 9.59 Å². The van der Waals surface area contributed by atoms with Crippen molar-refractivity contribution in [3.63, 3.8) is 0 Å². The molecule has 1 aliphatic heterocycles. The monoisotopic (exact) mass is 355 g/mol. The van der Waals surface area contributed by atoms with Gasteiger partial charge in [-0.15, -0.1) is 0 Å². The number of halogens is 2. The van der Waals surface area contributed by atoms with Crippen molar-refractivity contribution in [1.29, 1.82) is 0 Å². The third-order valence-electron chi connectivity index (χ3n) is 3.22. The van der Waals surface area contributed by atoms with E-state index in [9.17, 15) is 9.59 Å². The Balaban J connectivity index is 2.27. The summed E-state index contributed by atoms with van der Waals surface area (Å²) in [6.07, 6.45) is 1.39. The molecule has 7 heteroatoms. The van der Waals surface area contributed by atoms with Crippen molar-refractivity contribution in [2.24, 2.45) is 10.9 Å². The molecule has 0 aliphatic carbocycles. The summed E-state index contributed by atoms with van der Waals surface area (Å²) in [6.45, 7) is 3.84. The second-order valence-electron chi connectivity index (χ2n) is 5.39. The Morgan fingerprint density at radius 3 is 2.48 bits per heavy atom. The number of hydrogen-bond donors (Lipinski definition) is 1. The van der Waals surface area contributed by atoms with E-state index in [2.05, 4.69) is 4.99 Å². The number of carboxylic acid groups (broad SMARTS) is 1. The fourth-order valence-corrected chi connectivity index (χ4v) is 2.75. The minimum absolute atomic E-state index is 0.0195. The summed E-state index contributed by atoms with van der Waals surface area (Å²) in [5, 5.41) is 9.18. The van der Waals surface area contributed by atoms with Gasteiger partial charge in [0.2, 0.25) is 5.90 Å². The number of carbonyl (C=O) groups is 2. The van der Waals surface area contributed by atoms with Gasteiger partial charge in [0.1, 0.15) is 6.54 Å². The van der Waals surface area contributed by atoms with Crippen LogP contribution in [0.25, 0.3) is 0 Å². The van der Waals surface area contributed by atoms with Gasteiger partial charge >= 0.3 is 5.97 Å². The van der Waals surface area contributed by atoms with Crippen molar-refractivity contribution in [2.45, 2.75) is 20.3 Å². The maximum absolute atomic E-state index is 11.8. The lowest BCUT2D eigenvalue weighted by molar-refractivity contribution is -0.136. The molecule has 2 rings (SSSR count). The van der Waals surface area contributed by atoms with Gasteiger partial charge in [0.25, 0.3) is 0 Å². The molecule has 0 aromatic heterocycles. The quantitative estimate of drug-likeness (QED) is 0.895. The van der Waals surface area contributed by atoms with Gasteiger partial charge in [-0.25, -0.2) is 4.99 Å². The number of ether oxygens (including phenoxy) is 1. The van der Waals surface area contributed by atoms with Gasteiger partial charge in [0.05, 0.1) is 16.5 Å². The van der Waals surface area contributed by atoms with Crippen LogP contribution in [-0.2, 0) is 16.0 Å². The molecule has 1 aromatic rings. The van der Waals surface area contributed by atoms with E-state index in [0.717, 1.165) is 0 Å². The van der Waals surface area contributed by atoms with Gasteiger partial charge in [-0.05, 0) is 23.6 Å². The van der Waals surface area contributed by atoms with Gasteiger partial charge in [0.15, 0.2) is 11.5 Å². The highest BCUT2D eigenvalue weighted by Crippen LogP contribution is 2.35. The van der Waals surface area contributed by atoms with Gasteiger partial charge in [-0.1, -0.05) is 37.0 Å². The highest BCUT2D eigenvalue weighted by Gasteiger charge is 2.21. The number of aliphatic carboxylic acids is 1.